The Morgan fingerprint density at radius 1 is 1.50 bits per heavy atom. The zero-order valence-electron chi connectivity index (χ0n) is 10.3. The van der Waals surface area contributed by atoms with Gasteiger partial charge in [-0.1, -0.05) is 12.8 Å². The summed E-state index contributed by atoms with van der Waals surface area (Å²) < 4.78 is 28.6. The van der Waals surface area contributed by atoms with Crippen molar-refractivity contribution in [2.45, 2.75) is 36.6 Å². The molecular weight excluding hydrogens is 274 g/mol. The zero-order chi connectivity index (χ0) is 13.2. The van der Waals surface area contributed by atoms with E-state index < -0.39 is 10.0 Å². The molecule has 0 saturated heterocycles. The van der Waals surface area contributed by atoms with Crippen LogP contribution in [0.1, 0.15) is 25.7 Å². The van der Waals surface area contributed by atoms with Gasteiger partial charge in [-0.3, -0.25) is 4.68 Å². The summed E-state index contributed by atoms with van der Waals surface area (Å²) in [6, 6.07) is -0.0542. The van der Waals surface area contributed by atoms with E-state index in [1.165, 1.54) is 17.1 Å². The summed E-state index contributed by atoms with van der Waals surface area (Å²) in [4.78, 5) is 0.212. The fraction of sp³-hybridized carbons (Fsp3) is 0.727. The molecule has 18 heavy (non-hydrogen) atoms. The highest BCUT2D eigenvalue weighted by Crippen LogP contribution is 2.26. The van der Waals surface area contributed by atoms with Gasteiger partial charge in [0, 0.05) is 25.2 Å². The van der Waals surface area contributed by atoms with E-state index in [2.05, 4.69) is 9.82 Å². The third-order valence-electron chi connectivity index (χ3n) is 3.41. The molecule has 1 aromatic rings. The molecule has 0 spiro atoms. The van der Waals surface area contributed by atoms with Crippen molar-refractivity contribution in [3.05, 3.63) is 12.4 Å². The molecule has 0 radical (unpaired) electrons. The Balaban J connectivity index is 2.12. The van der Waals surface area contributed by atoms with Gasteiger partial charge in [0.15, 0.2) is 0 Å². The maximum absolute atomic E-state index is 12.2. The van der Waals surface area contributed by atoms with Crippen LogP contribution in [0.15, 0.2) is 17.3 Å². The van der Waals surface area contributed by atoms with Crippen LogP contribution in [-0.2, 0) is 17.1 Å². The fourth-order valence-corrected chi connectivity index (χ4v) is 4.04. The lowest BCUT2D eigenvalue weighted by atomic mass is 9.86. The third kappa shape index (κ3) is 3.05. The van der Waals surface area contributed by atoms with Crippen molar-refractivity contribution in [3.8, 4) is 0 Å². The average Bonchev–Trinajstić information content (AvgIpc) is 2.77. The molecule has 1 aliphatic carbocycles. The van der Waals surface area contributed by atoms with Crippen LogP contribution in [0.25, 0.3) is 0 Å². The summed E-state index contributed by atoms with van der Waals surface area (Å²) in [7, 11) is -1.78. The first-order valence-electron chi connectivity index (χ1n) is 6.10. The quantitative estimate of drug-likeness (QED) is 0.855. The molecule has 7 heteroatoms. The molecule has 0 bridgehead atoms. The third-order valence-corrected chi connectivity index (χ3v) is 5.25. The first-order valence-corrected chi connectivity index (χ1v) is 8.11. The molecule has 0 amide bonds. The fourth-order valence-electron chi connectivity index (χ4n) is 2.35. The van der Waals surface area contributed by atoms with E-state index in [-0.39, 0.29) is 16.9 Å². The average molecular weight is 292 g/mol. The Kier molecular flexibility index (Phi) is 4.29. The Labute approximate surface area is 113 Å². The second-order valence-electron chi connectivity index (χ2n) is 4.78. The second-order valence-corrected chi connectivity index (χ2v) is 6.80. The minimum Gasteiger partial charge on any atom is -0.274 e. The summed E-state index contributed by atoms with van der Waals surface area (Å²) in [6.07, 6.45) is 6.89. The van der Waals surface area contributed by atoms with Gasteiger partial charge in [-0.2, -0.15) is 5.10 Å². The van der Waals surface area contributed by atoms with Gasteiger partial charge in [0.1, 0.15) is 4.90 Å². The van der Waals surface area contributed by atoms with Gasteiger partial charge in [0.25, 0.3) is 0 Å². The summed E-state index contributed by atoms with van der Waals surface area (Å²) in [5, 5.41) is 3.89. The van der Waals surface area contributed by atoms with Crippen LogP contribution in [-0.4, -0.2) is 30.1 Å². The van der Waals surface area contributed by atoms with E-state index in [0.29, 0.717) is 5.88 Å². The highest BCUT2D eigenvalue weighted by Gasteiger charge is 2.29. The molecule has 1 heterocycles. The molecule has 2 unspecified atom stereocenters. The molecular formula is C11H18ClN3O2S. The topological polar surface area (TPSA) is 64.0 Å². The van der Waals surface area contributed by atoms with Crippen molar-refractivity contribution in [3.63, 3.8) is 0 Å². The maximum Gasteiger partial charge on any atom is 0.243 e. The number of hydrogen-bond donors (Lipinski definition) is 1. The lowest BCUT2D eigenvalue weighted by Gasteiger charge is -2.30. The van der Waals surface area contributed by atoms with Gasteiger partial charge in [0.2, 0.25) is 10.0 Å². The Hall–Kier alpha value is -0.590. The predicted octanol–water partition coefficient (Wildman–Crippen LogP) is 1.50. The van der Waals surface area contributed by atoms with Crippen molar-refractivity contribution >= 4 is 21.6 Å². The summed E-state index contributed by atoms with van der Waals surface area (Å²) in [5.41, 5.74) is 0. The van der Waals surface area contributed by atoms with Gasteiger partial charge < -0.3 is 0 Å². The standard InChI is InChI=1S/C11H18ClN3O2S/c1-15-8-10(7-13-15)18(16,17)14-11-5-3-2-4-9(11)6-12/h7-9,11,14H,2-6H2,1H3. The first kappa shape index (κ1) is 13.8. The number of nitrogens with one attached hydrogen (secondary N) is 1. The molecule has 1 fully saturated rings. The Morgan fingerprint density at radius 2 is 2.22 bits per heavy atom. The minimum absolute atomic E-state index is 0.0542. The number of hydrogen-bond acceptors (Lipinski definition) is 3. The largest absolute Gasteiger partial charge is 0.274 e. The Morgan fingerprint density at radius 3 is 2.83 bits per heavy atom. The number of aromatic nitrogens is 2. The molecule has 1 aliphatic rings. The molecule has 0 aromatic carbocycles. The molecule has 1 aromatic heterocycles. The summed E-state index contributed by atoms with van der Waals surface area (Å²) in [6.45, 7) is 0. The smallest absolute Gasteiger partial charge is 0.243 e. The predicted molar refractivity (Wildman–Crippen MR) is 70.0 cm³/mol. The molecule has 2 atom stereocenters. The maximum atomic E-state index is 12.2. The number of aryl methyl sites for hydroxylation is 1. The van der Waals surface area contributed by atoms with Crippen LogP contribution >= 0.6 is 11.6 Å². The lowest BCUT2D eigenvalue weighted by Crippen LogP contribution is -2.42. The molecule has 5 nitrogen and oxygen atoms in total. The van der Waals surface area contributed by atoms with Crippen LogP contribution in [0.3, 0.4) is 0 Å². The van der Waals surface area contributed by atoms with Crippen LogP contribution < -0.4 is 4.72 Å². The minimum atomic E-state index is -3.47. The zero-order valence-corrected chi connectivity index (χ0v) is 11.9. The van der Waals surface area contributed by atoms with Crippen molar-refractivity contribution in [2.75, 3.05) is 5.88 Å². The van der Waals surface area contributed by atoms with Crippen molar-refractivity contribution in [1.29, 1.82) is 0 Å². The van der Waals surface area contributed by atoms with Gasteiger partial charge >= 0.3 is 0 Å². The highest BCUT2D eigenvalue weighted by atomic mass is 35.5. The van der Waals surface area contributed by atoms with E-state index in [0.717, 1.165) is 25.7 Å². The van der Waals surface area contributed by atoms with E-state index >= 15 is 0 Å². The molecule has 1 saturated carbocycles. The number of sulfonamides is 1. The van der Waals surface area contributed by atoms with Crippen molar-refractivity contribution in [1.82, 2.24) is 14.5 Å². The van der Waals surface area contributed by atoms with E-state index in [1.807, 2.05) is 0 Å². The second kappa shape index (κ2) is 5.59. The van der Waals surface area contributed by atoms with Crippen molar-refractivity contribution < 1.29 is 8.42 Å². The summed E-state index contributed by atoms with van der Waals surface area (Å²) >= 11 is 5.90. The van der Waals surface area contributed by atoms with Crippen LogP contribution in [0.2, 0.25) is 0 Å². The first-order chi connectivity index (χ1) is 8.53. The molecule has 2 rings (SSSR count). The number of halogens is 1. The number of rotatable bonds is 4. The highest BCUT2D eigenvalue weighted by molar-refractivity contribution is 7.89. The van der Waals surface area contributed by atoms with E-state index in [1.54, 1.807) is 7.05 Å². The SMILES string of the molecule is Cn1cc(S(=O)(=O)NC2CCCCC2CCl)cn1. The molecule has 0 aliphatic heterocycles. The normalized spacial score (nSPS) is 25.2. The Bertz CT molecular complexity index is 500. The monoisotopic (exact) mass is 291 g/mol. The van der Waals surface area contributed by atoms with Gasteiger partial charge in [-0.05, 0) is 18.8 Å². The van der Waals surface area contributed by atoms with Crippen LogP contribution in [0.5, 0.6) is 0 Å². The number of nitrogens with zero attached hydrogens (tertiary/aromatic N) is 2. The van der Waals surface area contributed by atoms with Crippen molar-refractivity contribution in [2.24, 2.45) is 13.0 Å². The van der Waals surface area contributed by atoms with Gasteiger partial charge in [-0.25, -0.2) is 13.1 Å². The summed E-state index contributed by atoms with van der Waals surface area (Å²) in [5.74, 6) is 0.729. The van der Waals surface area contributed by atoms with Gasteiger partial charge in [-0.15, -0.1) is 11.6 Å². The lowest BCUT2D eigenvalue weighted by molar-refractivity contribution is 0.314. The molecule has 102 valence electrons. The van der Waals surface area contributed by atoms with E-state index in [4.69, 9.17) is 11.6 Å². The molecule has 1 N–H and O–H groups in total. The van der Waals surface area contributed by atoms with Crippen LogP contribution in [0, 0.1) is 5.92 Å². The van der Waals surface area contributed by atoms with E-state index in [9.17, 15) is 8.42 Å². The van der Waals surface area contributed by atoms with Gasteiger partial charge in [0.05, 0.1) is 6.20 Å². The van der Waals surface area contributed by atoms with Crippen LogP contribution in [0.4, 0.5) is 0 Å². The number of alkyl halides is 1.